The molecule has 2 N–H and O–H groups in total. The number of carbonyl (C=O) groups is 2. The number of thiophene rings is 1. The fourth-order valence-electron chi connectivity index (χ4n) is 2.61. The molecule has 0 spiro atoms. The lowest BCUT2D eigenvalue weighted by atomic mass is 10.0. The Labute approximate surface area is 225 Å². The van der Waals surface area contributed by atoms with E-state index in [1.165, 1.54) is 11.3 Å². The van der Waals surface area contributed by atoms with E-state index in [9.17, 15) is 14.7 Å². The number of methoxy groups -OCH3 is 1. The molecule has 0 aliphatic rings. The third-order valence-corrected chi connectivity index (χ3v) is 9.55. The molecule has 5 nitrogen and oxygen atoms in total. The Morgan fingerprint density at radius 1 is 1.07 bits per heavy atom. The van der Waals surface area contributed by atoms with E-state index in [2.05, 4.69) is 95.7 Å². The van der Waals surface area contributed by atoms with Crippen LogP contribution in [-0.2, 0) is 0 Å². The second-order valence-electron chi connectivity index (χ2n) is 5.69. The summed E-state index contributed by atoms with van der Waals surface area (Å²) in [6, 6.07) is 9.33. The minimum absolute atomic E-state index is 0.0949. The zero-order chi connectivity index (χ0) is 21.3. The third-order valence-electron chi connectivity index (χ3n) is 3.95. The van der Waals surface area contributed by atoms with E-state index in [0.717, 1.165) is 25.6 Å². The second-order valence-corrected chi connectivity index (χ2v) is 11.1. The molecule has 29 heavy (non-hydrogen) atoms. The van der Waals surface area contributed by atoms with E-state index >= 15 is 0 Å². The maximum absolute atomic E-state index is 13.0. The summed E-state index contributed by atoms with van der Waals surface area (Å²) in [5.41, 5.74) is 1.95. The fourth-order valence-corrected chi connectivity index (χ4v) is 6.69. The van der Waals surface area contributed by atoms with E-state index in [-0.39, 0.29) is 11.5 Å². The van der Waals surface area contributed by atoms with Crippen LogP contribution in [0, 0.1) is 14.3 Å². The lowest BCUT2D eigenvalue weighted by molar-refractivity contribution is 0.0699. The number of carboxylic acid groups (broad SMARTS) is 1. The van der Waals surface area contributed by atoms with Crippen molar-refractivity contribution in [1.82, 2.24) is 0 Å². The van der Waals surface area contributed by atoms with Crippen LogP contribution in [0.15, 0.2) is 35.7 Å². The predicted molar refractivity (Wildman–Crippen MR) is 149 cm³/mol. The van der Waals surface area contributed by atoms with Gasteiger partial charge in [0.2, 0.25) is 0 Å². The van der Waals surface area contributed by atoms with E-state index < -0.39 is 5.97 Å². The van der Waals surface area contributed by atoms with Crippen molar-refractivity contribution in [3.63, 3.8) is 0 Å². The number of aromatic carboxylic acids is 1. The average molecular weight is 857 g/mol. The van der Waals surface area contributed by atoms with Gasteiger partial charge in [-0.15, -0.1) is 11.3 Å². The van der Waals surface area contributed by atoms with Crippen molar-refractivity contribution >= 4 is 119 Å². The van der Waals surface area contributed by atoms with Crippen LogP contribution in [0.4, 0.5) is 5.00 Å². The highest BCUT2D eigenvalue weighted by Crippen LogP contribution is 2.37. The van der Waals surface area contributed by atoms with Crippen molar-refractivity contribution in [2.75, 3.05) is 12.4 Å². The van der Waals surface area contributed by atoms with Crippen LogP contribution in [0.5, 0.6) is 5.75 Å². The van der Waals surface area contributed by atoms with Gasteiger partial charge in [0.1, 0.15) is 16.3 Å². The molecule has 0 atom stereocenters. The molecule has 0 saturated heterocycles. The molecule has 150 valence electrons. The zero-order valence-corrected chi connectivity index (χ0v) is 24.0. The first-order valence-corrected chi connectivity index (χ1v) is 13.1. The number of carboxylic acids is 1. The van der Waals surface area contributed by atoms with Gasteiger partial charge in [-0.3, -0.25) is 4.79 Å². The molecule has 1 aromatic heterocycles. The summed E-state index contributed by atoms with van der Waals surface area (Å²) in [5.74, 6) is -0.717. The molecular weight excluding hydrogens is 846 g/mol. The maximum Gasteiger partial charge on any atom is 0.339 e. The highest BCUT2D eigenvalue weighted by atomic mass is 127. The van der Waals surface area contributed by atoms with Crippen LogP contribution in [0.2, 0.25) is 0 Å². The van der Waals surface area contributed by atoms with Crippen LogP contribution < -0.4 is 10.1 Å². The van der Waals surface area contributed by atoms with Gasteiger partial charge in [-0.25, -0.2) is 4.79 Å². The first kappa shape index (κ1) is 23.5. The Morgan fingerprint density at radius 2 is 1.72 bits per heavy atom. The molecule has 0 aliphatic heterocycles. The van der Waals surface area contributed by atoms with E-state index in [0.29, 0.717) is 16.1 Å². The summed E-state index contributed by atoms with van der Waals surface area (Å²) in [6.07, 6.45) is 0. The third kappa shape index (κ3) is 5.01. The summed E-state index contributed by atoms with van der Waals surface area (Å²) >= 11 is 9.76. The monoisotopic (exact) mass is 857 g/mol. The van der Waals surface area contributed by atoms with Crippen molar-refractivity contribution < 1.29 is 19.4 Å². The Hall–Kier alpha value is -0.200. The number of hydrogen-bond donors (Lipinski definition) is 2. The fraction of sp³-hybridized carbons (Fsp3) is 0.0526. The van der Waals surface area contributed by atoms with E-state index in [1.807, 2.05) is 24.3 Å². The Morgan fingerprint density at radius 3 is 2.31 bits per heavy atom. The average Bonchev–Trinajstić information content (AvgIpc) is 3.09. The van der Waals surface area contributed by atoms with E-state index in [4.69, 9.17) is 4.74 Å². The number of halogens is 4. The molecule has 3 aromatic rings. The molecule has 0 fully saturated rings. The van der Waals surface area contributed by atoms with Gasteiger partial charge in [-0.2, -0.15) is 0 Å². The summed E-state index contributed by atoms with van der Waals surface area (Å²) in [5, 5.41) is 14.6. The number of ether oxygens (including phenoxy) is 1. The molecule has 0 aliphatic carbocycles. The lowest BCUT2D eigenvalue weighted by Gasteiger charge is -2.13. The SMILES string of the molecule is COc1c(I)cc(C(=O)Nc2scc(-c3ccc(I)cc3)c2C(=O)O)c(I)c1I. The number of benzene rings is 2. The normalized spacial score (nSPS) is 10.7. The van der Waals surface area contributed by atoms with Crippen molar-refractivity contribution in [2.24, 2.45) is 0 Å². The Balaban J connectivity index is 2.00. The maximum atomic E-state index is 13.0. The Kier molecular flexibility index (Phi) is 8.05. The molecule has 3 rings (SSSR count). The molecule has 0 unspecified atom stereocenters. The van der Waals surface area contributed by atoms with Crippen LogP contribution in [0.25, 0.3) is 11.1 Å². The highest BCUT2D eigenvalue weighted by molar-refractivity contribution is 14.1. The van der Waals surface area contributed by atoms with Crippen molar-refractivity contribution in [3.8, 4) is 16.9 Å². The van der Waals surface area contributed by atoms with Gasteiger partial charge in [0, 0.05) is 18.1 Å². The quantitative estimate of drug-likeness (QED) is 0.219. The van der Waals surface area contributed by atoms with E-state index in [1.54, 1.807) is 18.6 Å². The van der Waals surface area contributed by atoms with Gasteiger partial charge in [0.15, 0.2) is 0 Å². The van der Waals surface area contributed by atoms with Crippen LogP contribution in [0.1, 0.15) is 20.7 Å². The first-order valence-electron chi connectivity index (χ1n) is 7.88. The van der Waals surface area contributed by atoms with Crippen molar-refractivity contribution in [1.29, 1.82) is 0 Å². The largest absolute Gasteiger partial charge is 0.494 e. The standard InChI is InChI=1S/C19H11I4NO4S/c1-28-16-12(21)6-10(14(22)15(16)23)17(25)24-18-13(19(26)27)11(7-29-18)8-2-4-9(20)5-3-8/h2-7H,1H3,(H,24,25)(H,26,27). The van der Waals surface area contributed by atoms with Crippen LogP contribution >= 0.6 is 102 Å². The second kappa shape index (κ2) is 9.95. The number of anilines is 1. The lowest BCUT2D eigenvalue weighted by Crippen LogP contribution is -2.16. The number of amides is 1. The molecule has 1 heterocycles. The molecule has 0 saturated carbocycles. The Bertz CT molecular complexity index is 1110. The zero-order valence-electron chi connectivity index (χ0n) is 14.6. The van der Waals surface area contributed by atoms with Gasteiger partial charge in [0.05, 0.1) is 19.8 Å². The van der Waals surface area contributed by atoms with Crippen molar-refractivity contribution in [2.45, 2.75) is 0 Å². The van der Waals surface area contributed by atoms with Crippen LogP contribution in [0.3, 0.4) is 0 Å². The predicted octanol–water partition coefficient (Wildman–Crippen LogP) is 6.79. The van der Waals surface area contributed by atoms with Gasteiger partial charge in [-0.1, -0.05) is 12.1 Å². The molecule has 0 radical (unpaired) electrons. The number of carbonyl (C=O) groups excluding carboxylic acids is 1. The number of hydrogen-bond acceptors (Lipinski definition) is 4. The molecule has 0 bridgehead atoms. The van der Waals surface area contributed by atoms with Gasteiger partial charge in [-0.05, 0) is 114 Å². The topological polar surface area (TPSA) is 75.6 Å². The highest BCUT2D eigenvalue weighted by Gasteiger charge is 2.24. The molecule has 1 amide bonds. The van der Waals surface area contributed by atoms with Gasteiger partial charge < -0.3 is 15.2 Å². The van der Waals surface area contributed by atoms with Gasteiger partial charge in [0.25, 0.3) is 5.91 Å². The minimum Gasteiger partial charge on any atom is -0.494 e. The smallest absolute Gasteiger partial charge is 0.339 e. The summed E-state index contributed by atoms with van der Waals surface area (Å²) < 4.78 is 8.86. The minimum atomic E-state index is -1.08. The molecular formula is C19H11I4NO4S. The summed E-state index contributed by atoms with van der Waals surface area (Å²) in [6.45, 7) is 0. The molecule has 2 aromatic carbocycles. The van der Waals surface area contributed by atoms with Crippen LogP contribution in [-0.4, -0.2) is 24.1 Å². The van der Waals surface area contributed by atoms with Crippen molar-refractivity contribution in [3.05, 3.63) is 61.1 Å². The first-order chi connectivity index (χ1) is 13.7. The van der Waals surface area contributed by atoms with Gasteiger partial charge >= 0.3 is 5.97 Å². The number of rotatable bonds is 5. The number of nitrogens with one attached hydrogen (secondary N) is 1. The molecule has 10 heteroatoms. The summed E-state index contributed by atoms with van der Waals surface area (Å²) in [4.78, 5) is 24.9. The summed E-state index contributed by atoms with van der Waals surface area (Å²) in [7, 11) is 1.59.